The Kier molecular flexibility index (Phi) is 4.39. The predicted molar refractivity (Wildman–Crippen MR) is 74.4 cm³/mol. The van der Waals surface area contributed by atoms with Gasteiger partial charge in [-0.1, -0.05) is 11.6 Å². The molecule has 1 unspecified atom stereocenters. The van der Waals surface area contributed by atoms with Crippen LogP contribution in [0.1, 0.15) is 24.2 Å². The molecular formula is C13H18ClN3O2. The molecule has 2 heterocycles. The number of pyridine rings is 1. The number of halogens is 1. The van der Waals surface area contributed by atoms with Crippen LogP contribution in [-0.2, 0) is 4.74 Å². The molecule has 2 rings (SSSR count). The van der Waals surface area contributed by atoms with E-state index in [1.807, 2.05) is 0 Å². The molecule has 2 N–H and O–H groups in total. The first-order valence-corrected chi connectivity index (χ1v) is 6.67. The van der Waals surface area contributed by atoms with Crippen molar-refractivity contribution in [2.75, 3.05) is 25.4 Å². The number of aromatic nitrogens is 1. The van der Waals surface area contributed by atoms with Crippen LogP contribution in [0.25, 0.3) is 0 Å². The summed E-state index contributed by atoms with van der Waals surface area (Å²) in [7, 11) is 0. The number of morpholine rings is 1. The fourth-order valence-corrected chi connectivity index (χ4v) is 2.28. The van der Waals surface area contributed by atoms with Gasteiger partial charge in [0.15, 0.2) is 5.78 Å². The number of ketones is 1. The van der Waals surface area contributed by atoms with Crippen molar-refractivity contribution in [3.05, 3.63) is 22.8 Å². The molecule has 0 saturated carbocycles. The van der Waals surface area contributed by atoms with Gasteiger partial charge in [-0.15, -0.1) is 0 Å². The van der Waals surface area contributed by atoms with Crippen LogP contribution < -0.4 is 5.73 Å². The van der Waals surface area contributed by atoms with Gasteiger partial charge in [0.2, 0.25) is 0 Å². The van der Waals surface area contributed by atoms with Gasteiger partial charge in [0.05, 0.1) is 17.2 Å². The van der Waals surface area contributed by atoms with Crippen LogP contribution >= 0.6 is 11.6 Å². The van der Waals surface area contributed by atoms with Gasteiger partial charge in [-0.05, 0) is 19.9 Å². The first-order valence-electron chi connectivity index (χ1n) is 6.30. The zero-order valence-electron chi connectivity index (χ0n) is 11.1. The van der Waals surface area contributed by atoms with Crippen molar-refractivity contribution in [2.24, 2.45) is 0 Å². The molecule has 5 nitrogen and oxygen atoms in total. The second kappa shape index (κ2) is 5.86. The zero-order chi connectivity index (χ0) is 14.0. The van der Waals surface area contributed by atoms with Gasteiger partial charge in [-0.2, -0.15) is 0 Å². The number of Topliss-reactive ketones (excluding diaryl/α,β-unsaturated/α-hetero) is 1. The Bertz CT molecular complexity index is 479. The van der Waals surface area contributed by atoms with Crippen LogP contribution in [0, 0.1) is 0 Å². The second-order valence-electron chi connectivity index (χ2n) is 4.90. The van der Waals surface area contributed by atoms with Gasteiger partial charge >= 0.3 is 0 Å². The van der Waals surface area contributed by atoms with E-state index in [0.29, 0.717) is 29.8 Å². The molecule has 1 saturated heterocycles. The third-order valence-corrected chi connectivity index (χ3v) is 3.48. The number of rotatable bonds is 3. The van der Waals surface area contributed by atoms with Gasteiger partial charge in [0, 0.05) is 25.3 Å². The smallest absolute Gasteiger partial charge is 0.196 e. The normalized spacial score (nSPS) is 20.7. The number of hydrogen-bond acceptors (Lipinski definition) is 5. The number of ether oxygens (including phenoxy) is 1. The van der Waals surface area contributed by atoms with Crippen LogP contribution in [-0.4, -0.2) is 47.5 Å². The van der Waals surface area contributed by atoms with Crippen molar-refractivity contribution in [2.45, 2.75) is 26.0 Å². The van der Waals surface area contributed by atoms with Gasteiger partial charge < -0.3 is 10.5 Å². The molecule has 1 atom stereocenters. The monoisotopic (exact) mass is 283 g/mol. The van der Waals surface area contributed by atoms with E-state index < -0.39 is 6.10 Å². The molecule has 1 aromatic rings. The lowest BCUT2D eigenvalue weighted by Crippen LogP contribution is -2.48. The lowest BCUT2D eigenvalue weighted by atomic mass is 10.0. The number of nitrogen functional groups attached to an aromatic ring is 1. The van der Waals surface area contributed by atoms with E-state index in [4.69, 9.17) is 22.1 Å². The highest BCUT2D eigenvalue weighted by molar-refractivity contribution is 6.31. The summed E-state index contributed by atoms with van der Waals surface area (Å²) in [6.45, 7) is 6.15. The van der Waals surface area contributed by atoms with E-state index >= 15 is 0 Å². The number of anilines is 1. The number of nitrogens with two attached hydrogens (primary N) is 1. The second-order valence-corrected chi connectivity index (χ2v) is 5.34. The van der Waals surface area contributed by atoms with Crippen LogP contribution in [0.4, 0.5) is 5.82 Å². The highest BCUT2D eigenvalue weighted by Gasteiger charge is 2.29. The summed E-state index contributed by atoms with van der Waals surface area (Å²) < 4.78 is 5.55. The summed E-state index contributed by atoms with van der Waals surface area (Å²) in [5.41, 5.74) is 6.07. The first-order chi connectivity index (χ1) is 8.99. The summed E-state index contributed by atoms with van der Waals surface area (Å²) in [5.74, 6) is 0.0394. The minimum Gasteiger partial charge on any atom is -0.383 e. The fourth-order valence-electron chi connectivity index (χ4n) is 2.12. The average molecular weight is 284 g/mol. The number of carbonyl (C=O) groups is 1. The molecule has 0 aliphatic carbocycles. The van der Waals surface area contributed by atoms with Gasteiger partial charge in [-0.25, -0.2) is 4.98 Å². The molecule has 1 fully saturated rings. The van der Waals surface area contributed by atoms with Gasteiger partial charge in [-0.3, -0.25) is 9.69 Å². The fraction of sp³-hybridized carbons (Fsp3) is 0.538. The minimum atomic E-state index is -0.501. The summed E-state index contributed by atoms with van der Waals surface area (Å²) in [6.07, 6.45) is 0.925. The molecular weight excluding hydrogens is 266 g/mol. The first kappa shape index (κ1) is 14.2. The van der Waals surface area contributed by atoms with E-state index in [1.54, 1.807) is 6.07 Å². The third-order valence-electron chi connectivity index (χ3n) is 3.27. The quantitative estimate of drug-likeness (QED) is 0.854. The van der Waals surface area contributed by atoms with Crippen LogP contribution in [0.3, 0.4) is 0 Å². The molecule has 0 aromatic carbocycles. The Balaban J connectivity index is 2.17. The molecule has 19 heavy (non-hydrogen) atoms. The maximum Gasteiger partial charge on any atom is 0.196 e. The Morgan fingerprint density at radius 3 is 3.05 bits per heavy atom. The molecule has 6 heteroatoms. The number of carbonyl (C=O) groups excluding carboxylic acids is 1. The van der Waals surface area contributed by atoms with E-state index in [2.05, 4.69) is 23.7 Å². The SMILES string of the molecule is CC(C)N1CCOC(C(=O)c2cc(Cl)cnc2N)C1. The summed E-state index contributed by atoms with van der Waals surface area (Å²) >= 11 is 5.86. The number of hydrogen-bond donors (Lipinski definition) is 1. The maximum atomic E-state index is 12.4. The zero-order valence-corrected chi connectivity index (χ0v) is 11.9. The van der Waals surface area contributed by atoms with Crippen molar-refractivity contribution in [1.29, 1.82) is 0 Å². The van der Waals surface area contributed by atoms with E-state index in [0.717, 1.165) is 6.54 Å². The topological polar surface area (TPSA) is 68.5 Å². The highest BCUT2D eigenvalue weighted by Crippen LogP contribution is 2.20. The predicted octanol–water partition coefficient (Wildman–Crippen LogP) is 1.61. The molecule has 0 bridgehead atoms. The molecule has 0 spiro atoms. The van der Waals surface area contributed by atoms with Crippen molar-refractivity contribution >= 4 is 23.2 Å². The van der Waals surface area contributed by atoms with Crippen molar-refractivity contribution in [3.8, 4) is 0 Å². The molecule has 1 aliphatic rings. The summed E-state index contributed by atoms with van der Waals surface area (Å²) in [6, 6.07) is 1.93. The average Bonchev–Trinajstić information content (AvgIpc) is 2.41. The minimum absolute atomic E-state index is 0.155. The van der Waals surface area contributed by atoms with Crippen molar-refractivity contribution in [3.63, 3.8) is 0 Å². The molecule has 0 radical (unpaired) electrons. The maximum absolute atomic E-state index is 12.4. The summed E-state index contributed by atoms with van der Waals surface area (Å²) in [5, 5.41) is 0.397. The third kappa shape index (κ3) is 3.23. The van der Waals surface area contributed by atoms with E-state index in [-0.39, 0.29) is 11.6 Å². The largest absolute Gasteiger partial charge is 0.383 e. The Labute approximate surface area is 117 Å². The Morgan fingerprint density at radius 1 is 1.63 bits per heavy atom. The van der Waals surface area contributed by atoms with Crippen LogP contribution in [0.2, 0.25) is 5.02 Å². The Hall–Kier alpha value is -1.17. The lowest BCUT2D eigenvalue weighted by Gasteiger charge is -2.34. The molecule has 104 valence electrons. The lowest BCUT2D eigenvalue weighted by molar-refractivity contribution is -0.0255. The van der Waals surface area contributed by atoms with Gasteiger partial charge in [0.1, 0.15) is 11.9 Å². The molecule has 0 amide bonds. The van der Waals surface area contributed by atoms with Crippen LogP contribution in [0.5, 0.6) is 0 Å². The van der Waals surface area contributed by atoms with E-state index in [9.17, 15) is 4.79 Å². The van der Waals surface area contributed by atoms with Crippen molar-refractivity contribution in [1.82, 2.24) is 9.88 Å². The van der Waals surface area contributed by atoms with Crippen LogP contribution in [0.15, 0.2) is 12.3 Å². The van der Waals surface area contributed by atoms with Gasteiger partial charge in [0.25, 0.3) is 0 Å². The molecule has 1 aromatic heterocycles. The summed E-state index contributed by atoms with van der Waals surface area (Å²) in [4.78, 5) is 18.5. The highest BCUT2D eigenvalue weighted by atomic mass is 35.5. The number of nitrogens with zero attached hydrogens (tertiary/aromatic N) is 2. The standard InChI is InChI=1S/C13H18ClN3O2/c1-8(2)17-3-4-19-11(7-17)12(18)10-5-9(14)6-16-13(10)15/h5-6,8,11H,3-4,7H2,1-2H3,(H2,15,16). The Morgan fingerprint density at radius 2 is 2.37 bits per heavy atom. The molecule has 1 aliphatic heterocycles. The van der Waals surface area contributed by atoms with E-state index in [1.165, 1.54) is 6.20 Å². The van der Waals surface area contributed by atoms with Crippen molar-refractivity contribution < 1.29 is 9.53 Å².